The quantitative estimate of drug-likeness (QED) is 0.336. The summed E-state index contributed by atoms with van der Waals surface area (Å²) in [5.41, 5.74) is -4.06. The molecule has 0 radical (unpaired) electrons. The van der Waals surface area contributed by atoms with Crippen LogP contribution in [0.4, 0.5) is 35.1 Å². The first-order chi connectivity index (χ1) is 13.1. The first-order valence-electron chi connectivity index (χ1n) is 8.19. The van der Waals surface area contributed by atoms with E-state index in [-0.39, 0.29) is 6.61 Å². The van der Waals surface area contributed by atoms with Gasteiger partial charge in [0.2, 0.25) is 23.3 Å². The maximum Gasteiger partial charge on any atom is 0.204 e. The minimum Gasteiger partial charge on any atom is -0.503 e. The zero-order valence-electron chi connectivity index (χ0n) is 14.4. The van der Waals surface area contributed by atoms with Crippen molar-refractivity contribution >= 4 is 0 Å². The molecule has 2 aromatic rings. The zero-order valence-corrected chi connectivity index (χ0v) is 14.4. The Hall–Kier alpha value is -2.52. The highest BCUT2D eigenvalue weighted by atomic mass is 19.2. The third-order valence-electron chi connectivity index (χ3n) is 3.96. The third kappa shape index (κ3) is 3.72. The summed E-state index contributed by atoms with van der Waals surface area (Å²) in [6.07, 6.45) is 2.56. The lowest BCUT2D eigenvalue weighted by atomic mass is 10.0. The van der Waals surface area contributed by atoms with E-state index >= 15 is 0 Å². The molecule has 0 heterocycles. The van der Waals surface area contributed by atoms with Crippen molar-refractivity contribution < 1.29 is 45.0 Å². The van der Waals surface area contributed by atoms with Crippen molar-refractivity contribution in [1.29, 1.82) is 0 Å². The van der Waals surface area contributed by atoms with Gasteiger partial charge in [-0.05, 0) is 6.42 Å². The summed E-state index contributed by atoms with van der Waals surface area (Å²) in [4.78, 5) is 0. The van der Waals surface area contributed by atoms with E-state index in [1.54, 1.807) is 0 Å². The van der Waals surface area contributed by atoms with E-state index in [4.69, 9.17) is 5.11 Å². The summed E-state index contributed by atoms with van der Waals surface area (Å²) >= 11 is 0. The number of phenolic OH excluding ortho intramolecular Hbond substituents is 1. The molecule has 0 saturated carbocycles. The zero-order chi connectivity index (χ0) is 21.2. The Morgan fingerprint density at radius 2 is 1.04 bits per heavy atom. The third-order valence-corrected chi connectivity index (χ3v) is 3.96. The lowest BCUT2D eigenvalue weighted by molar-refractivity contribution is 0.264. The van der Waals surface area contributed by atoms with Crippen LogP contribution in [0.25, 0.3) is 11.1 Å². The Bertz CT molecular complexity index is 840. The van der Waals surface area contributed by atoms with E-state index in [1.165, 1.54) is 0 Å². The number of hydrogen-bond donors (Lipinski definition) is 1. The molecule has 0 aromatic heterocycles. The van der Waals surface area contributed by atoms with Crippen LogP contribution in [0.5, 0.6) is 11.5 Å². The van der Waals surface area contributed by atoms with Crippen molar-refractivity contribution in [2.24, 2.45) is 0 Å². The van der Waals surface area contributed by atoms with Crippen molar-refractivity contribution in [3.63, 3.8) is 0 Å². The lowest BCUT2D eigenvalue weighted by Crippen LogP contribution is -2.10. The average molecular weight is 414 g/mol. The molecule has 154 valence electrons. The fourth-order valence-electron chi connectivity index (χ4n) is 2.50. The van der Waals surface area contributed by atoms with E-state index in [1.807, 2.05) is 6.92 Å². The van der Waals surface area contributed by atoms with Gasteiger partial charge in [-0.2, -0.15) is 17.6 Å². The van der Waals surface area contributed by atoms with E-state index in [9.17, 15) is 35.1 Å². The Morgan fingerprint density at radius 1 is 0.607 bits per heavy atom. The lowest BCUT2D eigenvalue weighted by Gasteiger charge is -2.15. The summed E-state index contributed by atoms with van der Waals surface area (Å²) in [7, 11) is 0. The molecule has 1 N–H and O–H groups in total. The Labute approximate surface area is 154 Å². The molecule has 0 bridgehead atoms. The van der Waals surface area contributed by atoms with E-state index < -0.39 is 69.2 Å². The van der Waals surface area contributed by atoms with Gasteiger partial charge in [0.1, 0.15) is 0 Å². The van der Waals surface area contributed by atoms with Crippen LogP contribution in [0.1, 0.15) is 32.6 Å². The van der Waals surface area contributed by atoms with Gasteiger partial charge < -0.3 is 9.84 Å². The minimum absolute atomic E-state index is 0.294. The first kappa shape index (κ1) is 21.8. The van der Waals surface area contributed by atoms with Gasteiger partial charge in [-0.25, -0.2) is 17.6 Å². The van der Waals surface area contributed by atoms with Crippen molar-refractivity contribution in [1.82, 2.24) is 0 Å². The van der Waals surface area contributed by atoms with Gasteiger partial charge in [0.05, 0.1) is 17.7 Å². The van der Waals surface area contributed by atoms with E-state index in [0.29, 0.717) is 12.8 Å². The van der Waals surface area contributed by atoms with Gasteiger partial charge in [0.25, 0.3) is 0 Å². The molecule has 0 aliphatic rings. The Kier molecular flexibility index (Phi) is 6.73. The number of halogens is 8. The van der Waals surface area contributed by atoms with Crippen LogP contribution in [0, 0.1) is 46.5 Å². The van der Waals surface area contributed by atoms with Crippen LogP contribution in [-0.2, 0) is 0 Å². The van der Waals surface area contributed by atoms with Crippen LogP contribution in [0.2, 0.25) is 0 Å². The van der Waals surface area contributed by atoms with Crippen LogP contribution in [0.3, 0.4) is 0 Å². The van der Waals surface area contributed by atoms with Crippen molar-refractivity contribution in [2.75, 3.05) is 6.61 Å². The smallest absolute Gasteiger partial charge is 0.204 e. The molecule has 2 nitrogen and oxygen atoms in total. The monoisotopic (exact) mass is 414 g/mol. The molecule has 0 fully saturated rings. The minimum atomic E-state index is -2.43. The maximum absolute atomic E-state index is 14.2. The number of phenols is 1. The predicted octanol–water partition coefficient (Wildman–Crippen LogP) is 6.13. The SMILES string of the molecule is CCCCCCOc1c(F)c(F)c(-c2c(F)c(F)c(O)c(F)c2F)c(F)c1F. The van der Waals surface area contributed by atoms with Crippen molar-refractivity contribution in [3.05, 3.63) is 46.5 Å². The summed E-state index contributed by atoms with van der Waals surface area (Å²) < 4.78 is 116. The Balaban J connectivity index is 2.58. The topological polar surface area (TPSA) is 29.5 Å². The van der Waals surface area contributed by atoms with Crippen molar-refractivity contribution in [3.8, 4) is 22.6 Å². The van der Waals surface area contributed by atoms with Gasteiger partial charge >= 0.3 is 0 Å². The number of aromatic hydroxyl groups is 1. The second-order valence-corrected chi connectivity index (χ2v) is 5.85. The molecule has 0 aliphatic carbocycles. The van der Waals surface area contributed by atoms with Gasteiger partial charge in [-0.3, -0.25) is 0 Å². The average Bonchev–Trinajstić information content (AvgIpc) is 2.68. The summed E-state index contributed by atoms with van der Waals surface area (Å²) in [6.45, 7) is 1.61. The molecule has 2 rings (SSSR count). The van der Waals surface area contributed by atoms with E-state index in [2.05, 4.69) is 4.74 Å². The molecular weight excluding hydrogens is 400 g/mol. The maximum atomic E-state index is 14.2. The highest BCUT2D eigenvalue weighted by molar-refractivity contribution is 5.69. The van der Waals surface area contributed by atoms with Gasteiger partial charge in [-0.1, -0.05) is 26.2 Å². The van der Waals surface area contributed by atoms with Crippen LogP contribution in [-0.4, -0.2) is 11.7 Å². The Morgan fingerprint density at radius 3 is 1.46 bits per heavy atom. The summed E-state index contributed by atoms with van der Waals surface area (Å²) in [6, 6.07) is 0. The molecule has 0 aliphatic heterocycles. The van der Waals surface area contributed by atoms with Gasteiger partial charge in [0, 0.05) is 0 Å². The van der Waals surface area contributed by atoms with Gasteiger partial charge in [-0.15, -0.1) is 0 Å². The van der Waals surface area contributed by atoms with Crippen LogP contribution in [0.15, 0.2) is 0 Å². The molecule has 2 aromatic carbocycles. The number of ether oxygens (including phenoxy) is 1. The molecule has 0 spiro atoms. The molecule has 0 unspecified atom stereocenters. The highest BCUT2D eigenvalue weighted by Gasteiger charge is 2.34. The second-order valence-electron chi connectivity index (χ2n) is 5.85. The van der Waals surface area contributed by atoms with E-state index in [0.717, 1.165) is 12.8 Å². The fraction of sp³-hybridized carbons (Fsp3) is 0.333. The molecule has 0 amide bonds. The summed E-state index contributed by atoms with van der Waals surface area (Å²) in [5.74, 6) is -22.1. The number of rotatable bonds is 7. The standard InChI is InChI=1S/C18H14F8O2/c1-2-3-4-5-6-28-18-15(25)11(21)8(12(22)16(18)26)7-9(19)13(23)17(27)14(24)10(7)20/h27H,2-6H2,1H3. The normalized spacial score (nSPS) is 11.2. The largest absolute Gasteiger partial charge is 0.503 e. The predicted molar refractivity (Wildman–Crippen MR) is 82.8 cm³/mol. The van der Waals surface area contributed by atoms with Crippen LogP contribution < -0.4 is 4.74 Å². The molecule has 10 heteroatoms. The fourth-order valence-corrected chi connectivity index (χ4v) is 2.50. The van der Waals surface area contributed by atoms with Crippen molar-refractivity contribution in [2.45, 2.75) is 32.6 Å². The molecule has 28 heavy (non-hydrogen) atoms. The number of unbranched alkanes of at least 4 members (excludes halogenated alkanes) is 3. The number of benzene rings is 2. The number of hydrogen-bond acceptors (Lipinski definition) is 2. The van der Waals surface area contributed by atoms with Gasteiger partial charge in [0.15, 0.2) is 34.8 Å². The molecule has 0 saturated heterocycles. The molecule has 0 atom stereocenters. The summed E-state index contributed by atoms with van der Waals surface area (Å²) in [5, 5.41) is 8.90. The first-order valence-corrected chi connectivity index (χ1v) is 8.19. The van der Waals surface area contributed by atoms with Crippen LogP contribution >= 0.6 is 0 Å². The highest BCUT2D eigenvalue weighted by Crippen LogP contribution is 2.41. The molecular formula is C18H14F8O2. The second kappa shape index (κ2) is 8.66.